The molecular formula is C8H14N6O2S. The SMILES string of the molecule is CCn1cc(S(=O)(=O)NCCN=[N+]=[N-])nc1C. The van der Waals surface area contributed by atoms with Crippen LogP contribution in [-0.2, 0) is 16.6 Å². The van der Waals surface area contributed by atoms with Crippen LogP contribution < -0.4 is 4.72 Å². The van der Waals surface area contributed by atoms with Crippen molar-refractivity contribution in [2.75, 3.05) is 13.1 Å². The summed E-state index contributed by atoms with van der Waals surface area (Å²) >= 11 is 0. The van der Waals surface area contributed by atoms with Gasteiger partial charge in [-0.2, -0.15) is 0 Å². The van der Waals surface area contributed by atoms with E-state index in [-0.39, 0.29) is 18.1 Å². The molecule has 9 heteroatoms. The number of nitrogens with one attached hydrogen (secondary N) is 1. The first-order chi connectivity index (χ1) is 8.01. The van der Waals surface area contributed by atoms with Gasteiger partial charge in [-0.3, -0.25) is 0 Å². The molecule has 1 aromatic heterocycles. The fraction of sp³-hybridized carbons (Fsp3) is 0.625. The van der Waals surface area contributed by atoms with Gasteiger partial charge in [0.05, 0.1) is 0 Å². The highest BCUT2D eigenvalue weighted by Crippen LogP contribution is 2.08. The van der Waals surface area contributed by atoms with Gasteiger partial charge in [-0.15, -0.1) is 0 Å². The van der Waals surface area contributed by atoms with E-state index in [0.717, 1.165) is 0 Å². The van der Waals surface area contributed by atoms with Gasteiger partial charge in [0, 0.05) is 30.7 Å². The summed E-state index contributed by atoms with van der Waals surface area (Å²) in [4.78, 5) is 6.49. The second kappa shape index (κ2) is 5.67. The number of aromatic nitrogens is 2. The lowest BCUT2D eigenvalue weighted by Crippen LogP contribution is -2.26. The summed E-state index contributed by atoms with van der Waals surface area (Å²) < 4.78 is 27.6. The minimum Gasteiger partial charge on any atom is -0.334 e. The van der Waals surface area contributed by atoms with Crippen LogP contribution >= 0.6 is 0 Å². The molecule has 1 heterocycles. The highest BCUT2D eigenvalue weighted by atomic mass is 32.2. The van der Waals surface area contributed by atoms with Crippen LogP contribution in [0.25, 0.3) is 10.4 Å². The summed E-state index contributed by atoms with van der Waals surface area (Å²) in [6, 6.07) is 0. The predicted molar refractivity (Wildman–Crippen MR) is 61.8 cm³/mol. The number of aryl methyl sites for hydroxylation is 2. The van der Waals surface area contributed by atoms with E-state index in [0.29, 0.717) is 12.4 Å². The van der Waals surface area contributed by atoms with E-state index in [1.165, 1.54) is 6.20 Å². The minimum atomic E-state index is -3.62. The Balaban J connectivity index is 2.78. The van der Waals surface area contributed by atoms with Crippen molar-refractivity contribution in [3.05, 3.63) is 22.5 Å². The van der Waals surface area contributed by atoms with Crippen LogP contribution in [0.2, 0.25) is 0 Å². The van der Waals surface area contributed by atoms with Gasteiger partial charge in [0.2, 0.25) is 0 Å². The van der Waals surface area contributed by atoms with Gasteiger partial charge in [-0.25, -0.2) is 18.1 Å². The first kappa shape index (κ1) is 13.5. The molecule has 0 unspecified atom stereocenters. The molecule has 94 valence electrons. The molecule has 0 bridgehead atoms. The fourth-order valence-electron chi connectivity index (χ4n) is 1.28. The molecule has 0 amide bonds. The summed E-state index contributed by atoms with van der Waals surface area (Å²) in [5, 5.41) is 3.22. The van der Waals surface area contributed by atoms with Crippen LogP contribution in [0.5, 0.6) is 0 Å². The summed E-state index contributed by atoms with van der Waals surface area (Å²) in [5.74, 6) is 0.642. The molecule has 0 aliphatic rings. The molecule has 0 saturated carbocycles. The molecule has 1 rings (SSSR count). The van der Waals surface area contributed by atoms with Crippen LogP contribution in [0.1, 0.15) is 12.7 Å². The number of hydrogen-bond donors (Lipinski definition) is 1. The van der Waals surface area contributed by atoms with Crippen LogP contribution in [0.15, 0.2) is 16.3 Å². The number of rotatable bonds is 6. The average molecular weight is 258 g/mol. The van der Waals surface area contributed by atoms with Crippen molar-refractivity contribution in [1.82, 2.24) is 14.3 Å². The van der Waals surface area contributed by atoms with Crippen molar-refractivity contribution in [3.63, 3.8) is 0 Å². The summed E-state index contributed by atoms with van der Waals surface area (Å²) in [6.45, 7) is 4.43. The van der Waals surface area contributed by atoms with Crippen molar-refractivity contribution in [1.29, 1.82) is 0 Å². The molecule has 0 atom stereocenters. The quantitative estimate of drug-likeness (QED) is 0.352. The normalized spacial score (nSPS) is 11.2. The zero-order valence-corrected chi connectivity index (χ0v) is 10.5. The lowest BCUT2D eigenvalue weighted by molar-refractivity contribution is 0.578. The zero-order chi connectivity index (χ0) is 12.9. The third kappa shape index (κ3) is 3.45. The van der Waals surface area contributed by atoms with Gasteiger partial charge in [-0.05, 0) is 19.4 Å². The smallest absolute Gasteiger partial charge is 0.259 e. The Hall–Kier alpha value is -1.57. The Morgan fingerprint density at radius 3 is 2.88 bits per heavy atom. The molecular weight excluding hydrogens is 244 g/mol. The Labute approximate surface area is 99.3 Å². The predicted octanol–water partition coefficient (Wildman–Crippen LogP) is 0.800. The molecule has 0 aromatic carbocycles. The topological polar surface area (TPSA) is 113 Å². The summed E-state index contributed by atoms with van der Waals surface area (Å²) in [7, 11) is -3.62. The molecule has 0 aliphatic carbocycles. The average Bonchev–Trinajstić information content (AvgIpc) is 2.67. The lowest BCUT2D eigenvalue weighted by atomic mass is 10.6. The van der Waals surface area contributed by atoms with E-state index in [4.69, 9.17) is 5.53 Å². The van der Waals surface area contributed by atoms with Gasteiger partial charge in [0.15, 0.2) is 5.03 Å². The molecule has 0 aliphatic heterocycles. The van der Waals surface area contributed by atoms with E-state index in [9.17, 15) is 8.42 Å². The first-order valence-corrected chi connectivity index (χ1v) is 6.54. The van der Waals surface area contributed by atoms with Gasteiger partial charge < -0.3 is 4.57 Å². The highest BCUT2D eigenvalue weighted by molar-refractivity contribution is 7.89. The molecule has 0 spiro atoms. The van der Waals surface area contributed by atoms with Crippen molar-refractivity contribution < 1.29 is 8.42 Å². The molecule has 1 aromatic rings. The van der Waals surface area contributed by atoms with Crippen LogP contribution in [-0.4, -0.2) is 31.1 Å². The third-order valence-electron chi connectivity index (χ3n) is 2.14. The number of hydrogen-bond acceptors (Lipinski definition) is 4. The molecule has 8 nitrogen and oxygen atoms in total. The van der Waals surface area contributed by atoms with E-state index < -0.39 is 10.0 Å². The monoisotopic (exact) mass is 258 g/mol. The molecule has 0 fully saturated rings. The summed E-state index contributed by atoms with van der Waals surface area (Å²) in [5.41, 5.74) is 8.05. The molecule has 17 heavy (non-hydrogen) atoms. The van der Waals surface area contributed by atoms with Crippen molar-refractivity contribution in [2.45, 2.75) is 25.4 Å². The zero-order valence-electron chi connectivity index (χ0n) is 9.66. The van der Waals surface area contributed by atoms with Crippen molar-refractivity contribution >= 4 is 10.0 Å². The maximum atomic E-state index is 11.8. The Morgan fingerprint density at radius 1 is 1.65 bits per heavy atom. The maximum Gasteiger partial charge on any atom is 0.259 e. The Bertz CT molecular complexity index is 528. The van der Waals surface area contributed by atoms with Crippen molar-refractivity contribution in [3.8, 4) is 0 Å². The number of nitrogens with zero attached hydrogens (tertiary/aromatic N) is 5. The molecule has 0 saturated heterocycles. The number of imidazole rings is 1. The van der Waals surface area contributed by atoms with Crippen LogP contribution in [0, 0.1) is 6.92 Å². The Morgan fingerprint density at radius 2 is 2.35 bits per heavy atom. The number of sulfonamides is 1. The summed E-state index contributed by atoms with van der Waals surface area (Å²) in [6.07, 6.45) is 1.48. The van der Waals surface area contributed by atoms with E-state index >= 15 is 0 Å². The van der Waals surface area contributed by atoms with Gasteiger partial charge >= 0.3 is 0 Å². The van der Waals surface area contributed by atoms with E-state index in [1.807, 2.05) is 6.92 Å². The third-order valence-corrected chi connectivity index (χ3v) is 3.47. The second-order valence-electron chi connectivity index (χ2n) is 3.26. The van der Waals surface area contributed by atoms with E-state index in [1.54, 1.807) is 11.5 Å². The van der Waals surface area contributed by atoms with Crippen LogP contribution in [0.3, 0.4) is 0 Å². The minimum absolute atomic E-state index is 0.0159. The lowest BCUT2D eigenvalue weighted by Gasteiger charge is -2.00. The molecule has 0 radical (unpaired) electrons. The largest absolute Gasteiger partial charge is 0.334 e. The highest BCUT2D eigenvalue weighted by Gasteiger charge is 2.17. The van der Waals surface area contributed by atoms with Gasteiger partial charge in [-0.1, -0.05) is 5.11 Å². The first-order valence-electron chi connectivity index (χ1n) is 5.05. The standard InChI is InChI=1S/C8H14N6O2S/c1-3-14-6-8(12-7(14)2)17(15,16)11-5-4-10-13-9/h6,11H,3-5H2,1-2H3. The van der Waals surface area contributed by atoms with Crippen molar-refractivity contribution in [2.24, 2.45) is 5.11 Å². The van der Waals surface area contributed by atoms with Gasteiger partial charge in [0.25, 0.3) is 10.0 Å². The Kier molecular flexibility index (Phi) is 4.50. The second-order valence-corrected chi connectivity index (χ2v) is 4.98. The van der Waals surface area contributed by atoms with E-state index in [2.05, 4.69) is 19.7 Å². The molecule has 1 N–H and O–H groups in total. The van der Waals surface area contributed by atoms with Gasteiger partial charge in [0.1, 0.15) is 5.82 Å². The fourth-order valence-corrected chi connectivity index (χ4v) is 2.30. The maximum absolute atomic E-state index is 11.8. The number of azide groups is 1. The van der Waals surface area contributed by atoms with Crippen LogP contribution in [0.4, 0.5) is 0 Å².